The van der Waals surface area contributed by atoms with Crippen molar-refractivity contribution in [3.05, 3.63) is 49.9 Å². The van der Waals surface area contributed by atoms with E-state index in [1.807, 2.05) is 0 Å². The zero-order valence-corrected chi connectivity index (χ0v) is 9.27. The van der Waals surface area contributed by atoms with E-state index in [0.717, 1.165) is 0 Å². The molecule has 102 valence electrons. The summed E-state index contributed by atoms with van der Waals surface area (Å²) in [5.74, 6) is -2.95. The van der Waals surface area contributed by atoms with Gasteiger partial charge in [-0.05, 0) is 23.2 Å². The normalized spacial score (nSPS) is 13.5. The highest BCUT2D eigenvalue weighted by Gasteiger charge is 2.26. The summed E-state index contributed by atoms with van der Waals surface area (Å²) >= 11 is 0. The largest absolute Gasteiger partial charge is 0.390 e. The van der Waals surface area contributed by atoms with Gasteiger partial charge in [0.05, 0.1) is 17.6 Å². The number of rotatable bonds is 5. The molecule has 0 aromatic heterocycles. The van der Waals surface area contributed by atoms with Crippen molar-refractivity contribution >= 4 is 5.69 Å². The van der Waals surface area contributed by atoms with Crippen LogP contribution >= 0.6 is 0 Å². The molecule has 1 aromatic rings. The number of nitrogens with zero attached hydrogens (tertiary/aromatic N) is 4. The van der Waals surface area contributed by atoms with Crippen LogP contribution in [0.3, 0.4) is 0 Å². The third-order valence-electron chi connectivity index (χ3n) is 2.26. The highest BCUT2D eigenvalue weighted by molar-refractivity contribution is 5.38. The smallest absolute Gasteiger partial charge is 0.340 e. The maximum absolute atomic E-state index is 13.3. The summed E-state index contributed by atoms with van der Waals surface area (Å²) in [6.07, 6.45) is -3.33. The first kappa shape index (κ1) is 14.8. The number of halogens is 2. The molecule has 10 heteroatoms. The minimum atomic E-state index is -1.74. The number of hydrogen-bond donors (Lipinski definition) is 2. The van der Waals surface area contributed by atoms with Crippen LogP contribution in [0.15, 0.2) is 17.2 Å². The van der Waals surface area contributed by atoms with Crippen LogP contribution in [-0.2, 0) is 0 Å². The van der Waals surface area contributed by atoms with E-state index in [9.17, 15) is 29.1 Å². The molecule has 0 spiro atoms. The molecule has 0 saturated heterocycles. The van der Waals surface area contributed by atoms with E-state index in [-0.39, 0.29) is 0 Å². The molecular weight excluding hydrogens is 266 g/mol. The Morgan fingerprint density at radius 1 is 1.42 bits per heavy atom. The fourth-order valence-corrected chi connectivity index (χ4v) is 1.37. The van der Waals surface area contributed by atoms with E-state index in [1.165, 1.54) is 0 Å². The molecule has 0 aliphatic carbocycles. The number of nitro groups is 1. The predicted molar refractivity (Wildman–Crippen MR) is 58.0 cm³/mol. The van der Waals surface area contributed by atoms with Gasteiger partial charge < -0.3 is 10.2 Å². The monoisotopic (exact) mass is 274 g/mol. The van der Waals surface area contributed by atoms with Crippen molar-refractivity contribution in [2.24, 2.45) is 5.11 Å². The summed E-state index contributed by atoms with van der Waals surface area (Å²) < 4.78 is 26.6. The number of aliphatic hydroxyl groups is 2. The number of azide groups is 1. The second-order valence-corrected chi connectivity index (χ2v) is 3.52. The van der Waals surface area contributed by atoms with Gasteiger partial charge in [0.1, 0.15) is 6.10 Å². The van der Waals surface area contributed by atoms with E-state index in [2.05, 4.69) is 10.0 Å². The summed E-state index contributed by atoms with van der Waals surface area (Å²) in [6, 6.07) is 1.07. The first-order valence-corrected chi connectivity index (χ1v) is 4.88. The Balaban J connectivity index is 3.09. The number of aliphatic hydroxyl groups excluding tert-OH is 2. The van der Waals surface area contributed by atoms with Crippen LogP contribution in [0.5, 0.6) is 0 Å². The summed E-state index contributed by atoms with van der Waals surface area (Å²) in [6.45, 7) is -0.516. The Bertz CT molecular complexity index is 524. The van der Waals surface area contributed by atoms with Crippen LogP contribution in [0.25, 0.3) is 10.4 Å². The lowest BCUT2D eigenvalue weighted by Gasteiger charge is -2.16. The van der Waals surface area contributed by atoms with Crippen LogP contribution in [-0.4, -0.2) is 27.8 Å². The van der Waals surface area contributed by atoms with E-state index >= 15 is 0 Å². The topological polar surface area (TPSA) is 132 Å². The Hall–Kier alpha value is -2.29. The molecule has 8 nitrogen and oxygen atoms in total. The number of hydrogen-bond acceptors (Lipinski definition) is 5. The van der Waals surface area contributed by atoms with E-state index in [0.29, 0.717) is 12.1 Å². The predicted octanol–water partition coefficient (Wildman–Crippen LogP) is 1.58. The van der Waals surface area contributed by atoms with Gasteiger partial charge in [-0.15, -0.1) is 0 Å². The molecule has 0 radical (unpaired) electrons. The molecular formula is C9H8F2N4O4. The van der Waals surface area contributed by atoms with Gasteiger partial charge in [0.25, 0.3) is 0 Å². The van der Waals surface area contributed by atoms with Crippen LogP contribution < -0.4 is 0 Å². The third kappa shape index (κ3) is 3.35. The molecule has 2 atom stereocenters. The summed E-state index contributed by atoms with van der Waals surface area (Å²) in [4.78, 5) is 11.5. The van der Waals surface area contributed by atoms with Gasteiger partial charge in [0.15, 0.2) is 0 Å². The molecule has 0 aliphatic rings. The quantitative estimate of drug-likeness (QED) is 0.277. The lowest BCUT2D eigenvalue weighted by molar-refractivity contribution is -0.390. The highest BCUT2D eigenvalue weighted by Crippen LogP contribution is 2.27. The Morgan fingerprint density at radius 3 is 2.37 bits per heavy atom. The summed E-state index contributed by atoms with van der Waals surface area (Å²) in [5.41, 5.74) is 6.28. The summed E-state index contributed by atoms with van der Waals surface area (Å²) in [5, 5.41) is 32.3. The average molecular weight is 274 g/mol. The molecule has 0 saturated carbocycles. The van der Waals surface area contributed by atoms with Gasteiger partial charge in [-0.1, -0.05) is 5.11 Å². The van der Waals surface area contributed by atoms with Gasteiger partial charge in [-0.2, -0.15) is 8.78 Å². The van der Waals surface area contributed by atoms with Gasteiger partial charge in [0.2, 0.25) is 11.6 Å². The van der Waals surface area contributed by atoms with Crippen LogP contribution in [0, 0.1) is 21.7 Å². The zero-order valence-electron chi connectivity index (χ0n) is 9.27. The second-order valence-electron chi connectivity index (χ2n) is 3.52. The third-order valence-corrected chi connectivity index (χ3v) is 2.26. The minimum absolute atomic E-state index is 0.402. The van der Waals surface area contributed by atoms with Crippen molar-refractivity contribution in [3.63, 3.8) is 0 Å². The zero-order chi connectivity index (χ0) is 14.6. The van der Waals surface area contributed by atoms with Crippen molar-refractivity contribution in [1.29, 1.82) is 0 Å². The highest BCUT2D eigenvalue weighted by atomic mass is 19.1. The van der Waals surface area contributed by atoms with E-state index in [1.54, 1.807) is 0 Å². The molecule has 0 bridgehead atoms. The molecule has 2 N–H and O–H groups in total. The SMILES string of the molecule is [N-]=[N+]=NCC(O)C(O)c1cc(F)c([N+](=O)[O-])c(F)c1. The fraction of sp³-hybridized carbons (Fsp3) is 0.333. The van der Waals surface area contributed by atoms with Crippen molar-refractivity contribution in [2.75, 3.05) is 6.54 Å². The molecule has 2 unspecified atom stereocenters. The van der Waals surface area contributed by atoms with Gasteiger partial charge in [-0.25, -0.2) is 0 Å². The van der Waals surface area contributed by atoms with Crippen molar-refractivity contribution in [3.8, 4) is 0 Å². The first-order valence-electron chi connectivity index (χ1n) is 4.88. The molecule has 0 aliphatic heterocycles. The van der Waals surface area contributed by atoms with Crippen LogP contribution in [0.2, 0.25) is 0 Å². The fourth-order valence-electron chi connectivity index (χ4n) is 1.37. The second kappa shape index (κ2) is 6.05. The average Bonchev–Trinajstić information content (AvgIpc) is 2.33. The first-order chi connectivity index (χ1) is 8.88. The van der Waals surface area contributed by atoms with Crippen molar-refractivity contribution in [1.82, 2.24) is 0 Å². The Morgan fingerprint density at radius 2 is 1.95 bits per heavy atom. The van der Waals surface area contributed by atoms with Crippen molar-refractivity contribution < 1.29 is 23.9 Å². The van der Waals surface area contributed by atoms with E-state index < -0.39 is 46.6 Å². The molecule has 0 heterocycles. The number of nitro benzene ring substituents is 1. The molecule has 1 aromatic carbocycles. The number of benzene rings is 1. The van der Waals surface area contributed by atoms with Crippen LogP contribution in [0.1, 0.15) is 11.7 Å². The molecule has 19 heavy (non-hydrogen) atoms. The van der Waals surface area contributed by atoms with Gasteiger partial charge >= 0.3 is 5.69 Å². The summed E-state index contributed by atoms with van der Waals surface area (Å²) in [7, 11) is 0. The maximum atomic E-state index is 13.3. The molecule has 0 fully saturated rings. The minimum Gasteiger partial charge on any atom is -0.390 e. The van der Waals surface area contributed by atoms with Crippen LogP contribution in [0.4, 0.5) is 14.5 Å². The lowest BCUT2D eigenvalue weighted by atomic mass is 10.0. The Kier molecular flexibility index (Phi) is 4.70. The molecule has 0 amide bonds. The van der Waals surface area contributed by atoms with Gasteiger partial charge in [-0.3, -0.25) is 10.1 Å². The van der Waals surface area contributed by atoms with Gasteiger partial charge in [0, 0.05) is 4.91 Å². The van der Waals surface area contributed by atoms with Crippen molar-refractivity contribution in [2.45, 2.75) is 12.2 Å². The van der Waals surface area contributed by atoms with E-state index in [4.69, 9.17) is 5.53 Å². The Labute approximate surface area is 104 Å². The maximum Gasteiger partial charge on any atom is 0.340 e. The standard InChI is InChI=1S/C9H8F2N4O4/c10-5-1-4(2-6(11)8(5)15(18)19)9(17)7(16)3-13-14-12/h1-2,7,9,16-17H,3H2. The lowest BCUT2D eigenvalue weighted by Crippen LogP contribution is -2.21. The molecule has 1 rings (SSSR count).